The lowest BCUT2D eigenvalue weighted by molar-refractivity contribution is -0.973. The Labute approximate surface area is 193 Å². The minimum atomic E-state index is -0.743. The van der Waals surface area contributed by atoms with E-state index in [4.69, 9.17) is 18.9 Å². The fraction of sp³-hybridized carbons (Fsp3) is 0.458. The molecule has 7 nitrogen and oxygen atoms in total. The van der Waals surface area contributed by atoms with Gasteiger partial charge in [0.05, 0.1) is 39.3 Å². The Morgan fingerprint density at radius 3 is 2.66 bits per heavy atom. The van der Waals surface area contributed by atoms with Crippen LogP contribution in [0.3, 0.4) is 0 Å². The number of nitrogens with zero attached hydrogens (tertiary/aromatic N) is 1. The van der Waals surface area contributed by atoms with Crippen LogP contribution in [-0.2, 0) is 24.2 Å². The van der Waals surface area contributed by atoms with Crippen molar-refractivity contribution >= 4 is 5.97 Å². The molecule has 0 spiro atoms. The highest BCUT2D eigenvalue weighted by Gasteiger charge is 2.47. The number of halogens is 1. The zero-order chi connectivity index (χ0) is 21.6. The van der Waals surface area contributed by atoms with E-state index in [1.54, 1.807) is 14.2 Å². The van der Waals surface area contributed by atoms with Crippen molar-refractivity contribution in [1.29, 1.82) is 0 Å². The van der Waals surface area contributed by atoms with E-state index >= 15 is 0 Å². The van der Waals surface area contributed by atoms with Gasteiger partial charge in [-0.15, -0.1) is 0 Å². The van der Waals surface area contributed by atoms with Crippen LogP contribution in [-0.4, -0.2) is 49.7 Å². The van der Waals surface area contributed by atoms with Gasteiger partial charge in [-0.3, -0.25) is 4.79 Å². The SMILES string of the molecule is COc1ccc2c(c1OC)C[N+]1(CCCC(=O)O)CCc3cc4c(cc3C1C2)OCO4.[Cl-]. The normalized spacial score (nSPS) is 22.1. The van der Waals surface area contributed by atoms with Gasteiger partial charge in [0.1, 0.15) is 12.6 Å². The van der Waals surface area contributed by atoms with Crippen LogP contribution in [0.25, 0.3) is 0 Å². The van der Waals surface area contributed by atoms with Gasteiger partial charge in [-0.25, -0.2) is 0 Å². The molecule has 5 rings (SSSR count). The summed E-state index contributed by atoms with van der Waals surface area (Å²) in [6.45, 7) is 2.83. The van der Waals surface area contributed by atoms with E-state index in [9.17, 15) is 9.90 Å². The Balaban J connectivity index is 0.00000245. The highest BCUT2D eigenvalue weighted by atomic mass is 35.5. The van der Waals surface area contributed by atoms with Crippen molar-refractivity contribution in [2.75, 3.05) is 34.1 Å². The van der Waals surface area contributed by atoms with Crippen LogP contribution in [0.1, 0.15) is 41.1 Å². The molecule has 0 saturated heterocycles. The molecule has 0 aromatic heterocycles. The van der Waals surface area contributed by atoms with Crippen molar-refractivity contribution in [2.45, 2.75) is 38.3 Å². The second-order valence-corrected chi connectivity index (χ2v) is 8.63. The van der Waals surface area contributed by atoms with Crippen LogP contribution in [0.15, 0.2) is 24.3 Å². The first-order valence-electron chi connectivity index (χ1n) is 10.8. The number of ether oxygens (including phenoxy) is 4. The largest absolute Gasteiger partial charge is 1.00 e. The van der Waals surface area contributed by atoms with Crippen molar-refractivity contribution < 1.29 is 45.7 Å². The number of carboxylic acids is 1. The third-order valence-corrected chi connectivity index (χ3v) is 7.11. The smallest absolute Gasteiger partial charge is 0.303 e. The predicted molar refractivity (Wildman–Crippen MR) is 113 cm³/mol. The molecule has 1 N–H and O–H groups in total. The maximum atomic E-state index is 11.2. The molecule has 0 saturated carbocycles. The molecule has 0 bridgehead atoms. The minimum absolute atomic E-state index is 0. The molecular weight excluding hydrogens is 434 g/mol. The average Bonchev–Trinajstić information content (AvgIpc) is 3.22. The zero-order valence-electron chi connectivity index (χ0n) is 18.4. The van der Waals surface area contributed by atoms with E-state index in [1.807, 2.05) is 6.07 Å². The summed E-state index contributed by atoms with van der Waals surface area (Å²) in [5, 5.41) is 9.23. The van der Waals surface area contributed by atoms with Crippen LogP contribution in [0, 0.1) is 0 Å². The Bertz CT molecular complexity index is 1040. The Morgan fingerprint density at radius 2 is 1.94 bits per heavy atom. The van der Waals surface area contributed by atoms with Gasteiger partial charge in [0.25, 0.3) is 0 Å². The molecule has 0 aliphatic carbocycles. The second-order valence-electron chi connectivity index (χ2n) is 8.63. The number of hydrogen-bond acceptors (Lipinski definition) is 5. The molecule has 2 aromatic rings. The van der Waals surface area contributed by atoms with Crippen molar-refractivity contribution in [3.63, 3.8) is 0 Å². The quantitative estimate of drug-likeness (QED) is 0.630. The lowest BCUT2D eigenvalue weighted by Crippen LogP contribution is -3.00. The number of fused-ring (bicyclic) bond motifs is 5. The van der Waals surface area contributed by atoms with E-state index in [-0.39, 0.29) is 31.7 Å². The van der Waals surface area contributed by atoms with Crippen molar-refractivity contribution in [3.8, 4) is 23.0 Å². The number of aliphatic carboxylic acids is 1. The standard InChI is InChI=1S/C24H27NO6.ClH/c1-28-20-6-5-15-10-19-17-12-22-21(30-14-31-22)11-16(17)7-9-25(19,8-3-4-23(26)27)13-18(15)24(20)29-2;/h5-6,11-12,19H,3-4,7-10,13-14H2,1-2H3;1H. The molecule has 32 heavy (non-hydrogen) atoms. The van der Waals surface area contributed by atoms with Gasteiger partial charge in [-0.1, -0.05) is 6.07 Å². The fourth-order valence-electron chi connectivity index (χ4n) is 5.62. The van der Waals surface area contributed by atoms with Crippen molar-refractivity contribution in [1.82, 2.24) is 0 Å². The van der Waals surface area contributed by atoms with Gasteiger partial charge in [-0.05, 0) is 29.3 Å². The lowest BCUT2D eigenvalue weighted by Gasteiger charge is -2.51. The molecule has 2 unspecified atom stereocenters. The van der Waals surface area contributed by atoms with Crippen LogP contribution in [0.4, 0.5) is 0 Å². The molecular formula is C24H28ClNO6. The molecule has 172 valence electrons. The van der Waals surface area contributed by atoms with Crippen LogP contribution >= 0.6 is 0 Å². The van der Waals surface area contributed by atoms with E-state index in [0.29, 0.717) is 6.42 Å². The third-order valence-electron chi connectivity index (χ3n) is 7.11. The van der Waals surface area contributed by atoms with Crippen LogP contribution in [0.5, 0.6) is 23.0 Å². The van der Waals surface area contributed by atoms with Gasteiger partial charge in [0.15, 0.2) is 23.0 Å². The van der Waals surface area contributed by atoms with Gasteiger partial charge < -0.3 is 40.9 Å². The molecule has 2 atom stereocenters. The molecule has 8 heteroatoms. The Hall–Kier alpha value is -2.64. The predicted octanol–water partition coefficient (Wildman–Crippen LogP) is 0.472. The van der Waals surface area contributed by atoms with Gasteiger partial charge in [0, 0.05) is 24.8 Å². The van der Waals surface area contributed by atoms with E-state index in [0.717, 1.165) is 60.0 Å². The summed E-state index contributed by atoms with van der Waals surface area (Å²) in [6, 6.07) is 8.65. The average molecular weight is 462 g/mol. The monoisotopic (exact) mass is 461 g/mol. The number of rotatable bonds is 6. The number of methoxy groups -OCH3 is 2. The van der Waals surface area contributed by atoms with Gasteiger partial charge in [0.2, 0.25) is 6.79 Å². The molecule has 0 amide bonds. The highest BCUT2D eigenvalue weighted by molar-refractivity contribution is 5.66. The summed E-state index contributed by atoms with van der Waals surface area (Å²) in [5.74, 6) is 2.43. The number of hydrogen-bond donors (Lipinski definition) is 1. The number of quaternary nitrogens is 1. The zero-order valence-corrected chi connectivity index (χ0v) is 19.1. The number of carboxylic acid groups (broad SMARTS) is 1. The summed E-state index contributed by atoms with van der Waals surface area (Å²) in [7, 11) is 3.35. The van der Waals surface area contributed by atoms with Gasteiger partial charge in [-0.2, -0.15) is 0 Å². The third kappa shape index (κ3) is 3.63. The molecule has 3 aliphatic rings. The molecule has 2 aromatic carbocycles. The first kappa shape index (κ1) is 22.6. The Kier molecular flexibility index (Phi) is 6.14. The van der Waals surface area contributed by atoms with Gasteiger partial charge >= 0.3 is 5.97 Å². The molecule has 3 aliphatic heterocycles. The summed E-state index contributed by atoms with van der Waals surface area (Å²) < 4.78 is 23.4. The molecule has 3 heterocycles. The van der Waals surface area contributed by atoms with Crippen LogP contribution < -0.4 is 31.4 Å². The van der Waals surface area contributed by atoms with E-state index < -0.39 is 5.97 Å². The van der Waals surface area contributed by atoms with Crippen molar-refractivity contribution in [3.05, 3.63) is 46.5 Å². The topological polar surface area (TPSA) is 74.2 Å². The Morgan fingerprint density at radius 1 is 1.16 bits per heavy atom. The number of carbonyl (C=O) groups is 1. The first-order valence-corrected chi connectivity index (χ1v) is 10.8. The second kappa shape index (κ2) is 8.71. The number of benzene rings is 2. The summed E-state index contributed by atoms with van der Waals surface area (Å²) in [5.41, 5.74) is 5.05. The van der Waals surface area contributed by atoms with Crippen molar-refractivity contribution in [2.24, 2.45) is 0 Å². The minimum Gasteiger partial charge on any atom is -1.00 e. The summed E-state index contributed by atoms with van der Waals surface area (Å²) >= 11 is 0. The summed E-state index contributed by atoms with van der Waals surface area (Å²) in [4.78, 5) is 11.2. The highest BCUT2D eigenvalue weighted by Crippen LogP contribution is 2.50. The molecule has 0 radical (unpaired) electrons. The fourth-order valence-corrected chi connectivity index (χ4v) is 5.62. The van der Waals surface area contributed by atoms with E-state index in [1.165, 1.54) is 22.3 Å². The maximum Gasteiger partial charge on any atom is 0.303 e. The lowest BCUT2D eigenvalue weighted by atomic mass is 9.80. The summed E-state index contributed by atoms with van der Waals surface area (Å²) in [6.07, 6.45) is 2.63. The van der Waals surface area contributed by atoms with Crippen LogP contribution in [0.2, 0.25) is 0 Å². The molecule has 0 fully saturated rings. The van der Waals surface area contributed by atoms with E-state index in [2.05, 4.69) is 18.2 Å². The maximum absolute atomic E-state index is 11.2. The first-order chi connectivity index (χ1) is 15.0.